The van der Waals surface area contributed by atoms with Crippen LogP contribution in [0, 0.1) is 5.92 Å². The van der Waals surface area contributed by atoms with Crippen molar-refractivity contribution in [1.29, 1.82) is 0 Å². The maximum Gasteiger partial charge on any atom is 0.235 e. The van der Waals surface area contributed by atoms with Crippen LogP contribution in [0.25, 0.3) is 0 Å². The largest absolute Gasteiger partial charge is 0.369 e. The molecule has 0 aromatic carbocycles. The first-order valence-electron chi connectivity index (χ1n) is 4.29. The lowest BCUT2D eigenvalue weighted by molar-refractivity contribution is -0.123. The number of amides is 1. The lowest BCUT2D eigenvalue weighted by Gasteiger charge is -2.29. The van der Waals surface area contributed by atoms with Crippen molar-refractivity contribution in [1.82, 2.24) is 4.90 Å². The number of halogens is 1. The topological polar surface area (TPSA) is 63.4 Å². The smallest absolute Gasteiger partial charge is 0.235 e. The van der Waals surface area contributed by atoms with Crippen molar-refractivity contribution in [3.05, 3.63) is 0 Å². The molecule has 1 saturated heterocycles. The van der Waals surface area contributed by atoms with Crippen molar-refractivity contribution in [2.75, 3.05) is 19.6 Å². The average Bonchev–Trinajstić information content (AvgIpc) is 2.04. The molecular weight excluding hydrogens is 192 g/mol. The van der Waals surface area contributed by atoms with Crippen LogP contribution in [0.4, 0.5) is 0 Å². The molecule has 5 heteroatoms. The summed E-state index contributed by atoms with van der Waals surface area (Å²) in [5, 5.41) is -0.350. The van der Waals surface area contributed by atoms with Crippen molar-refractivity contribution >= 4 is 22.8 Å². The van der Waals surface area contributed by atoms with Crippen molar-refractivity contribution in [3.63, 3.8) is 0 Å². The van der Waals surface area contributed by atoms with Gasteiger partial charge in [-0.05, 0) is 37.5 Å². The summed E-state index contributed by atoms with van der Waals surface area (Å²) in [7, 11) is 0. The van der Waals surface area contributed by atoms with Gasteiger partial charge in [-0.1, -0.05) is 0 Å². The highest BCUT2D eigenvalue weighted by molar-refractivity contribution is 6.64. The highest BCUT2D eigenvalue weighted by Crippen LogP contribution is 2.16. The Hall–Kier alpha value is -0.610. The predicted molar refractivity (Wildman–Crippen MR) is 49.2 cm³/mol. The number of likely N-dealkylation sites (tertiary alicyclic amines) is 1. The summed E-state index contributed by atoms with van der Waals surface area (Å²) >= 11 is 5.24. The van der Waals surface area contributed by atoms with Gasteiger partial charge in [-0.2, -0.15) is 0 Å². The second-order valence-electron chi connectivity index (χ2n) is 3.31. The highest BCUT2D eigenvalue weighted by atomic mass is 35.5. The van der Waals surface area contributed by atoms with Crippen LogP contribution in [-0.4, -0.2) is 35.7 Å². The molecule has 74 valence electrons. The maximum absolute atomic E-state index is 10.8. The lowest BCUT2D eigenvalue weighted by Crippen LogP contribution is -2.40. The first kappa shape index (κ1) is 10.5. The molecule has 0 aromatic heterocycles. The van der Waals surface area contributed by atoms with Crippen molar-refractivity contribution < 1.29 is 9.59 Å². The van der Waals surface area contributed by atoms with Gasteiger partial charge in [0.05, 0.1) is 6.54 Å². The molecule has 1 aliphatic heterocycles. The SMILES string of the molecule is NC(=O)C1CCN(CC(=O)Cl)CC1. The van der Waals surface area contributed by atoms with E-state index >= 15 is 0 Å². The molecule has 0 radical (unpaired) electrons. The standard InChI is InChI=1S/C8H13ClN2O2/c9-7(12)5-11-3-1-6(2-4-11)8(10)13/h6H,1-5H2,(H2,10,13). The number of rotatable bonds is 3. The fraction of sp³-hybridized carbons (Fsp3) is 0.750. The van der Waals surface area contributed by atoms with E-state index in [9.17, 15) is 9.59 Å². The molecule has 0 unspecified atom stereocenters. The van der Waals surface area contributed by atoms with Gasteiger partial charge in [0.2, 0.25) is 11.1 Å². The fourth-order valence-corrected chi connectivity index (χ4v) is 1.72. The number of carbonyl (C=O) groups is 2. The highest BCUT2D eigenvalue weighted by Gasteiger charge is 2.23. The molecule has 0 aliphatic carbocycles. The van der Waals surface area contributed by atoms with E-state index in [1.165, 1.54) is 0 Å². The second-order valence-corrected chi connectivity index (χ2v) is 3.73. The third kappa shape index (κ3) is 3.32. The van der Waals surface area contributed by atoms with Gasteiger partial charge < -0.3 is 5.73 Å². The monoisotopic (exact) mass is 204 g/mol. The van der Waals surface area contributed by atoms with E-state index in [2.05, 4.69) is 0 Å². The Morgan fingerprint density at radius 3 is 2.31 bits per heavy atom. The number of nitrogens with zero attached hydrogens (tertiary/aromatic N) is 1. The van der Waals surface area contributed by atoms with Gasteiger partial charge in [0, 0.05) is 5.92 Å². The molecule has 2 N–H and O–H groups in total. The number of primary amides is 1. The number of hydrogen-bond acceptors (Lipinski definition) is 3. The lowest BCUT2D eigenvalue weighted by atomic mass is 9.96. The first-order valence-corrected chi connectivity index (χ1v) is 4.67. The third-order valence-electron chi connectivity index (χ3n) is 2.34. The maximum atomic E-state index is 10.8. The van der Waals surface area contributed by atoms with Gasteiger partial charge in [0.1, 0.15) is 0 Å². The number of carbonyl (C=O) groups excluding carboxylic acids is 2. The Kier molecular flexibility index (Phi) is 3.69. The molecule has 0 bridgehead atoms. The van der Waals surface area contributed by atoms with Crippen LogP contribution in [0.1, 0.15) is 12.8 Å². The summed E-state index contributed by atoms with van der Waals surface area (Å²) in [6, 6.07) is 0. The van der Waals surface area contributed by atoms with Crippen LogP contribution in [-0.2, 0) is 9.59 Å². The average molecular weight is 205 g/mol. The van der Waals surface area contributed by atoms with Crippen molar-refractivity contribution in [3.8, 4) is 0 Å². The summed E-state index contributed by atoms with van der Waals surface area (Å²) in [6.45, 7) is 1.73. The van der Waals surface area contributed by atoms with E-state index < -0.39 is 0 Å². The molecule has 13 heavy (non-hydrogen) atoms. The summed E-state index contributed by atoms with van der Waals surface area (Å²) in [4.78, 5) is 23.3. The van der Waals surface area contributed by atoms with Gasteiger partial charge in [0.15, 0.2) is 0 Å². The summed E-state index contributed by atoms with van der Waals surface area (Å²) < 4.78 is 0. The van der Waals surface area contributed by atoms with E-state index in [0.717, 1.165) is 25.9 Å². The molecule has 1 amide bonds. The second kappa shape index (κ2) is 4.58. The Morgan fingerprint density at radius 1 is 1.38 bits per heavy atom. The van der Waals surface area contributed by atoms with Gasteiger partial charge >= 0.3 is 0 Å². The minimum absolute atomic E-state index is 0.0262. The van der Waals surface area contributed by atoms with Crippen LogP contribution in [0.3, 0.4) is 0 Å². The molecule has 0 saturated carbocycles. The Labute approximate surface area is 82.0 Å². The van der Waals surface area contributed by atoms with Crippen LogP contribution >= 0.6 is 11.6 Å². The zero-order chi connectivity index (χ0) is 9.84. The van der Waals surface area contributed by atoms with Crippen LogP contribution < -0.4 is 5.73 Å². The quantitative estimate of drug-likeness (QED) is 0.656. The van der Waals surface area contributed by atoms with E-state index in [4.69, 9.17) is 17.3 Å². The summed E-state index contributed by atoms with van der Waals surface area (Å²) in [6.07, 6.45) is 1.47. The molecule has 1 aliphatic rings. The van der Waals surface area contributed by atoms with Crippen LogP contribution in [0.5, 0.6) is 0 Å². The first-order chi connectivity index (χ1) is 6.09. The van der Waals surface area contributed by atoms with Crippen molar-refractivity contribution in [2.45, 2.75) is 12.8 Å². The Bertz CT molecular complexity index is 212. The zero-order valence-corrected chi connectivity index (χ0v) is 8.09. The molecule has 0 aromatic rings. The Morgan fingerprint density at radius 2 is 1.92 bits per heavy atom. The molecule has 0 atom stereocenters. The zero-order valence-electron chi connectivity index (χ0n) is 7.33. The number of piperidine rings is 1. The normalized spacial score (nSPS) is 20.1. The number of hydrogen-bond donors (Lipinski definition) is 1. The van der Waals surface area contributed by atoms with E-state index in [1.807, 2.05) is 4.90 Å². The van der Waals surface area contributed by atoms with Crippen molar-refractivity contribution in [2.24, 2.45) is 11.7 Å². The molecular formula is C8H13ClN2O2. The van der Waals surface area contributed by atoms with E-state index in [-0.39, 0.29) is 23.6 Å². The molecule has 1 fully saturated rings. The summed E-state index contributed by atoms with van der Waals surface area (Å²) in [5.74, 6) is -0.265. The van der Waals surface area contributed by atoms with Gasteiger partial charge in [-0.3, -0.25) is 14.5 Å². The molecule has 1 heterocycles. The van der Waals surface area contributed by atoms with Gasteiger partial charge in [0.25, 0.3) is 0 Å². The van der Waals surface area contributed by atoms with Crippen LogP contribution in [0.15, 0.2) is 0 Å². The van der Waals surface area contributed by atoms with E-state index in [0.29, 0.717) is 0 Å². The molecule has 4 nitrogen and oxygen atoms in total. The molecule has 1 rings (SSSR count). The Balaban J connectivity index is 2.30. The van der Waals surface area contributed by atoms with E-state index in [1.54, 1.807) is 0 Å². The minimum atomic E-state index is -0.350. The third-order valence-corrected chi connectivity index (χ3v) is 2.46. The molecule has 0 spiro atoms. The predicted octanol–water partition coefficient (Wildman–Crippen LogP) is -0.0509. The fourth-order valence-electron chi connectivity index (χ4n) is 1.55. The minimum Gasteiger partial charge on any atom is -0.369 e. The number of nitrogens with two attached hydrogens (primary N) is 1. The van der Waals surface area contributed by atoms with Gasteiger partial charge in [-0.15, -0.1) is 0 Å². The van der Waals surface area contributed by atoms with Gasteiger partial charge in [-0.25, -0.2) is 0 Å². The summed E-state index contributed by atoms with van der Waals surface area (Å²) in [5.41, 5.74) is 5.16. The van der Waals surface area contributed by atoms with Crippen LogP contribution in [0.2, 0.25) is 0 Å².